The second-order valence-electron chi connectivity index (χ2n) is 5.90. The van der Waals surface area contributed by atoms with Crippen LogP contribution in [-0.4, -0.2) is 33.6 Å². The monoisotopic (exact) mass is 358 g/mol. The molecular weight excluding hydrogens is 340 g/mol. The maximum absolute atomic E-state index is 11.8. The Bertz CT molecular complexity index is 831. The van der Waals surface area contributed by atoms with Crippen LogP contribution in [-0.2, 0) is 9.47 Å². The number of hydrogen-bond acceptors (Lipinski definition) is 7. The first-order valence-electron chi connectivity index (χ1n) is 8.09. The van der Waals surface area contributed by atoms with Crippen molar-refractivity contribution in [3.05, 3.63) is 47.5 Å². The van der Waals surface area contributed by atoms with E-state index in [-0.39, 0.29) is 0 Å². The average molecular weight is 358 g/mol. The summed E-state index contributed by atoms with van der Waals surface area (Å²) in [7, 11) is 4.69. The predicted molar refractivity (Wildman–Crippen MR) is 90.0 cm³/mol. The number of fused-ring (bicyclic) bond motifs is 3. The number of carbonyl (C=O) groups excluding carboxylic acids is 1. The minimum Gasteiger partial charge on any atom is -0.497 e. The first kappa shape index (κ1) is 16.4. The van der Waals surface area contributed by atoms with E-state index < -0.39 is 24.5 Å². The van der Waals surface area contributed by atoms with Crippen LogP contribution >= 0.6 is 0 Å². The maximum atomic E-state index is 11.8. The number of carbonyl (C=O) groups is 1. The van der Waals surface area contributed by atoms with Gasteiger partial charge in [0, 0.05) is 5.56 Å². The molecule has 0 radical (unpaired) electrons. The third-order valence-corrected chi connectivity index (χ3v) is 4.58. The van der Waals surface area contributed by atoms with Crippen LogP contribution in [0.15, 0.2) is 36.4 Å². The van der Waals surface area contributed by atoms with E-state index in [1.165, 1.54) is 7.11 Å². The highest BCUT2D eigenvalue weighted by Crippen LogP contribution is 2.53. The standard InChI is InChI=1S/C19H18O7/c1-21-11-6-4-10(5-7-11)14-18-16(25-19(20)26-18)12-8-9-13(22-2)17(23-3)15(12)24-14/h4-9,14,16,18H,1-3H3/t14-,16+,18-/m0/s1. The Morgan fingerprint density at radius 3 is 2.23 bits per heavy atom. The van der Waals surface area contributed by atoms with Gasteiger partial charge >= 0.3 is 6.16 Å². The first-order valence-corrected chi connectivity index (χ1v) is 8.09. The summed E-state index contributed by atoms with van der Waals surface area (Å²) in [5.41, 5.74) is 1.51. The SMILES string of the molecule is COc1ccc([C@@H]2Oc3c(ccc(OC)c3OC)[C@H]3OC(=O)O[C@H]32)cc1. The van der Waals surface area contributed by atoms with Gasteiger partial charge in [-0.15, -0.1) is 0 Å². The fourth-order valence-corrected chi connectivity index (χ4v) is 3.34. The predicted octanol–water partition coefficient (Wildman–Crippen LogP) is 3.42. The molecule has 1 fully saturated rings. The van der Waals surface area contributed by atoms with Crippen LogP contribution in [0.4, 0.5) is 4.79 Å². The molecule has 1 saturated heterocycles. The molecule has 0 aliphatic carbocycles. The molecule has 0 aromatic heterocycles. The molecule has 2 heterocycles. The smallest absolute Gasteiger partial charge is 0.497 e. The summed E-state index contributed by atoms with van der Waals surface area (Å²) in [5.74, 6) is 2.18. The minimum absolute atomic E-state index is 0.449. The zero-order chi connectivity index (χ0) is 18.3. The van der Waals surface area contributed by atoms with Crippen LogP contribution in [0, 0.1) is 0 Å². The Morgan fingerprint density at radius 2 is 1.58 bits per heavy atom. The van der Waals surface area contributed by atoms with Crippen LogP contribution in [0.3, 0.4) is 0 Å². The Hall–Kier alpha value is -3.09. The minimum atomic E-state index is -0.718. The highest BCUT2D eigenvalue weighted by molar-refractivity contribution is 5.66. The zero-order valence-corrected chi connectivity index (χ0v) is 14.6. The summed E-state index contributed by atoms with van der Waals surface area (Å²) >= 11 is 0. The van der Waals surface area contributed by atoms with Gasteiger partial charge in [0.05, 0.1) is 21.3 Å². The molecule has 7 heteroatoms. The van der Waals surface area contributed by atoms with Gasteiger partial charge in [0.15, 0.2) is 29.8 Å². The third-order valence-electron chi connectivity index (χ3n) is 4.58. The average Bonchev–Trinajstić information content (AvgIpc) is 3.07. The Balaban J connectivity index is 1.81. The van der Waals surface area contributed by atoms with Crippen LogP contribution in [0.5, 0.6) is 23.0 Å². The summed E-state index contributed by atoms with van der Waals surface area (Å²) < 4.78 is 33.0. The van der Waals surface area contributed by atoms with E-state index >= 15 is 0 Å². The molecule has 26 heavy (non-hydrogen) atoms. The van der Waals surface area contributed by atoms with Crippen molar-refractivity contribution in [2.24, 2.45) is 0 Å². The molecule has 2 aromatic carbocycles. The summed E-state index contributed by atoms with van der Waals surface area (Å²) in [6.45, 7) is 0. The highest BCUT2D eigenvalue weighted by Gasteiger charge is 2.50. The van der Waals surface area contributed by atoms with Crippen LogP contribution < -0.4 is 18.9 Å². The van der Waals surface area contributed by atoms with Gasteiger partial charge in [-0.2, -0.15) is 0 Å². The molecule has 4 rings (SSSR count). The maximum Gasteiger partial charge on any atom is 0.509 e. The molecule has 0 N–H and O–H groups in total. The fourth-order valence-electron chi connectivity index (χ4n) is 3.34. The van der Waals surface area contributed by atoms with E-state index in [1.807, 2.05) is 24.3 Å². The van der Waals surface area contributed by atoms with Crippen molar-refractivity contribution in [3.8, 4) is 23.0 Å². The normalized spacial score (nSPS) is 23.0. The van der Waals surface area contributed by atoms with Gasteiger partial charge in [0.25, 0.3) is 0 Å². The van der Waals surface area contributed by atoms with Crippen LogP contribution in [0.2, 0.25) is 0 Å². The van der Waals surface area contributed by atoms with Crippen LogP contribution in [0.1, 0.15) is 23.3 Å². The Labute approximate surface area is 150 Å². The van der Waals surface area contributed by atoms with Gasteiger partial charge in [-0.05, 0) is 29.8 Å². The summed E-state index contributed by atoms with van der Waals surface area (Å²) in [6, 6.07) is 10.9. The van der Waals surface area contributed by atoms with Crippen molar-refractivity contribution in [1.29, 1.82) is 0 Å². The molecule has 2 aromatic rings. The van der Waals surface area contributed by atoms with E-state index in [0.717, 1.165) is 11.3 Å². The summed E-state index contributed by atoms with van der Waals surface area (Å²) in [6.07, 6.45) is -2.45. The lowest BCUT2D eigenvalue weighted by molar-refractivity contribution is 0.00581. The van der Waals surface area contributed by atoms with Gasteiger partial charge in [0.1, 0.15) is 5.75 Å². The fraction of sp³-hybridized carbons (Fsp3) is 0.316. The molecule has 0 unspecified atom stereocenters. The molecule has 7 nitrogen and oxygen atoms in total. The molecule has 2 aliphatic heterocycles. The lowest BCUT2D eigenvalue weighted by atomic mass is 9.92. The second-order valence-corrected chi connectivity index (χ2v) is 5.90. The first-order chi connectivity index (χ1) is 12.7. The quantitative estimate of drug-likeness (QED) is 0.775. The van der Waals surface area contributed by atoms with Gasteiger partial charge in [-0.25, -0.2) is 4.79 Å². The number of benzene rings is 2. The highest BCUT2D eigenvalue weighted by atomic mass is 16.8. The number of ether oxygens (including phenoxy) is 6. The largest absolute Gasteiger partial charge is 0.509 e. The van der Waals surface area contributed by atoms with E-state index in [1.54, 1.807) is 26.4 Å². The third kappa shape index (κ3) is 2.47. The molecule has 2 aliphatic rings. The van der Waals surface area contributed by atoms with Gasteiger partial charge in [-0.3, -0.25) is 0 Å². The summed E-state index contributed by atoms with van der Waals surface area (Å²) in [5, 5.41) is 0. The molecule has 0 amide bonds. The van der Waals surface area contributed by atoms with Crippen molar-refractivity contribution >= 4 is 6.16 Å². The number of hydrogen-bond donors (Lipinski definition) is 0. The number of rotatable bonds is 4. The van der Waals surface area contributed by atoms with Gasteiger partial charge < -0.3 is 28.4 Å². The Morgan fingerprint density at radius 1 is 0.808 bits per heavy atom. The van der Waals surface area contributed by atoms with Crippen molar-refractivity contribution in [1.82, 2.24) is 0 Å². The molecule has 0 spiro atoms. The number of methoxy groups -OCH3 is 3. The lowest BCUT2D eigenvalue weighted by Crippen LogP contribution is -2.33. The Kier molecular flexibility index (Phi) is 3.99. The molecule has 3 atom stereocenters. The van der Waals surface area contributed by atoms with Gasteiger partial charge in [-0.1, -0.05) is 12.1 Å². The van der Waals surface area contributed by atoms with E-state index in [9.17, 15) is 4.79 Å². The van der Waals surface area contributed by atoms with Crippen LogP contribution in [0.25, 0.3) is 0 Å². The van der Waals surface area contributed by atoms with Crippen molar-refractivity contribution in [2.45, 2.75) is 18.3 Å². The lowest BCUT2D eigenvalue weighted by Gasteiger charge is -2.33. The summed E-state index contributed by atoms with van der Waals surface area (Å²) in [4.78, 5) is 11.8. The molecule has 0 saturated carbocycles. The van der Waals surface area contributed by atoms with Crippen molar-refractivity contribution in [3.63, 3.8) is 0 Å². The van der Waals surface area contributed by atoms with E-state index in [0.29, 0.717) is 22.8 Å². The molecular formula is C19H18O7. The zero-order valence-electron chi connectivity index (χ0n) is 14.6. The second kappa shape index (κ2) is 6.33. The molecule has 136 valence electrons. The van der Waals surface area contributed by atoms with Gasteiger partial charge in [0.2, 0.25) is 5.75 Å². The van der Waals surface area contributed by atoms with Crippen molar-refractivity contribution < 1.29 is 33.2 Å². The van der Waals surface area contributed by atoms with Crippen molar-refractivity contribution in [2.75, 3.05) is 21.3 Å². The topological polar surface area (TPSA) is 72.5 Å². The van der Waals surface area contributed by atoms with E-state index in [4.69, 9.17) is 28.4 Å². The van der Waals surface area contributed by atoms with E-state index in [2.05, 4.69) is 0 Å². The molecule has 0 bridgehead atoms.